The van der Waals surface area contributed by atoms with Gasteiger partial charge in [0.05, 0.1) is 0 Å². The van der Waals surface area contributed by atoms with Crippen molar-refractivity contribution in [3.05, 3.63) is 83.4 Å². The number of fused-ring (bicyclic) bond motifs is 1. The minimum atomic E-state index is 0.255. The molecule has 0 bridgehead atoms. The predicted molar refractivity (Wildman–Crippen MR) is 112 cm³/mol. The number of thioether (sulfide) groups is 1. The van der Waals surface area contributed by atoms with Crippen molar-refractivity contribution >= 4 is 23.5 Å². The molecule has 1 nitrogen and oxygen atoms in total. The summed E-state index contributed by atoms with van der Waals surface area (Å²) >= 11 is 3.73. The van der Waals surface area contributed by atoms with E-state index in [2.05, 4.69) is 80.6 Å². The first-order chi connectivity index (χ1) is 12.7. The molecule has 4 rings (SSSR count). The Bertz CT molecular complexity index is 891. The monoisotopic (exact) mass is 378 g/mol. The van der Waals surface area contributed by atoms with Gasteiger partial charge in [0, 0.05) is 32.4 Å². The normalized spacial score (nSPS) is 15.5. The SMILES string of the molecule is Cc1cc2c(c(C)c1Sc1ccccc1)CC(CSc1ccccc1)O2. The molecule has 0 amide bonds. The smallest absolute Gasteiger partial charge is 0.123 e. The van der Waals surface area contributed by atoms with E-state index in [4.69, 9.17) is 4.74 Å². The highest BCUT2D eigenvalue weighted by Gasteiger charge is 2.27. The molecule has 3 aromatic rings. The third-order valence-corrected chi connectivity index (χ3v) is 7.15. The first kappa shape index (κ1) is 17.6. The number of ether oxygens (including phenoxy) is 1. The number of rotatable bonds is 5. The Hall–Kier alpha value is -1.84. The van der Waals surface area contributed by atoms with Gasteiger partial charge in [0.1, 0.15) is 11.9 Å². The van der Waals surface area contributed by atoms with Gasteiger partial charge < -0.3 is 4.74 Å². The van der Waals surface area contributed by atoms with Gasteiger partial charge in [0.15, 0.2) is 0 Å². The van der Waals surface area contributed by atoms with Crippen LogP contribution < -0.4 is 4.74 Å². The lowest BCUT2D eigenvalue weighted by atomic mass is 10.0. The minimum Gasteiger partial charge on any atom is -0.489 e. The van der Waals surface area contributed by atoms with Crippen LogP contribution in [0.5, 0.6) is 5.75 Å². The molecule has 1 heterocycles. The Morgan fingerprint density at radius 2 is 1.58 bits per heavy atom. The average molecular weight is 379 g/mol. The summed E-state index contributed by atoms with van der Waals surface area (Å²) in [4.78, 5) is 3.96. The van der Waals surface area contributed by atoms with Crippen molar-refractivity contribution in [1.82, 2.24) is 0 Å². The fourth-order valence-electron chi connectivity index (χ4n) is 3.34. The number of hydrogen-bond acceptors (Lipinski definition) is 3. The van der Waals surface area contributed by atoms with E-state index in [9.17, 15) is 0 Å². The molecule has 3 heteroatoms. The van der Waals surface area contributed by atoms with Gasteiger partial charge in [-0.15, -0.1) is 11.8 Å². The Balaban J connectivity index is 1.50. The Kier molecular flexibility index (Phi) is 5.28. The van der Waals surface area contributed by atoms with Crippen LogP contribution in [0, 0.1) is 13.8 Å². The van der Waals surface area contributed by atoms with Gasteiger partial charge in [-0.2, -0.15) is 0 Å². The summed E-state index contributed by atoms with van der Waals surface area (Å²) < 4.78 is 6.27. The number of benzene rings is 3. The molecule has 0 saturated heterocycles. The van der Waals surface area contributed by atoms with Crippen molar-refractivity contribution in [3.63, 3.8) is 0 Å². The van der Waals surface area contributed by atoms with E-state index in [0.29, 0.717) is 0 Å². The van der Waals surface area contributed by atoms with Crippen LogP contribution in [0.15, 0.2) is 81.4 Å². The van der Waals surface area contributed by atoms with E-state index in [1.807, 2.05) is 23.5 Å². The number of aryl methyl sites for hydroxylation is 1. The predicted octanol–water partition coefficient (Wildman–Crippen LogP) is 6.55. The average Bonchev–Trinajstić information content (AvgIpc) is 3.08. The highest BCUT2D eigenvalue weighted by Crippen LogP contribution is 2.42. The fraction of sp³-hybridized carbons (Fsp3) is 0.217. The van der Waals surface area contributed by atoms with Crippen LogP contribution in [0.1, 0.15) is 16.7 Å². The third kappa shape index (κ3) is 3.79. The molecule has 1 aliphatic heterocycles. The zero-order valence-corrected chi connectivity index (χ0v) is 16.7. The summed E-state index contributed by atoms with van der Waals surface area (Å²) in [6, 6.07) is 23.4. The summed E-state index contributed by atoms with van der Waals surface area (Å²) in [5, 5.41) is 0. The van der Waals surface area contributed by atoms with E-state index in [0.717, 1.165) is 17.9 Å². The summed E-state index contributed by atoms with van der Waals surface area (Å²) in [6.45, 7) is 4.43. The molecule has 1 aliphatic rings. The summed E-state index contributed by atoms with van der Waals surface area (Å²) in [6.07, 6.45) is 1.26. The Labute approximate surface area is 164 Å². The first-order valence-corrected chi connectivity index (χ1v) is 10.7. The summed E-state index contributed by atoms with van der Waals surface area (Å²) in [5.74, 6) is 2.06. The molecule has 26 heavy (non-hydrogen) atoms. The molecule has 0 saturated carbocycles. The van der Waals surface area contributed by atoms with E-state index in [1.165, 1.54) is 31.4 Å². The van der Waals surface area contributed by atoms with Gasteiger partial charge in [-0.25, -0.2) is 0 Å². The molecule has 0 radical (unpaired) electrons. The van der Waals surface area contributed by atoms with Crippen LogP contribution in [0.25, 0.3) is 0 Å². The zero-order valence-electron chi connectivity index (χ0n) is 15.1. The lowest BCUT2D eigenvalue weighted by molar-refractivity contribution is 0.259. The van der Waals surface area contributed by atoms with Gasteiger partial charge in [0.25, 0.3) is 0 Å². The van der Waals surface area contributed by atoms with E-state index < -0.39 is 0 Å². The van der Waals surface area contributed by atoms with Crippen LogP contribution in [-0.2, 0) is 6.42 Å². The lowest BCUT2D eigenvalue weighted by Gasteiger charge is -2.13. The highest BCUT2D eigenvalue weighted by molar-refractivity contribution is 7.99. The molecular formula is C23H22OS2. The van der Waals surface area contributed by atoms with Crippen molar-refractivity contribution < 1.29 is 4.74 Å². The summed E-state index contributed by atoms with van der Waals surface area (Å²) in [7, 11) is 0. The van der Waals surface area contributed by atoms with Crippen molar-refractivity contribution in [2.24, 2.45) is 0 Å². The Morgan fingerprint density at radius 3 is 2.27 bits per heavy atom. The highest BCUT2D eigenvalue weighted by atomic mass is 32.2. The van der Waals surface area contributed by atoms with Crippen LogP contribution in [-0.4, -0.2) is 11.9 Å². The van der Waals surface area contributed by atoms with Crippen LogP contribution in [0.4, 0.5) is 0 Å². The molecule has 0 aromatic heterocycles. The molecule has 132 valence electrons. The molecule has 0 fully saturated rings. The second kappa shape index (κ2) is 7.81. The van der Waals surface area contributed by atoms with E-state index in [1.54, 1.807) is 0 Å². The van der Waals surface area contributed by atoms with Gasteiger partial charge in [-0.1, -0.05) is 48.2 Å². The quantitative estimate of drug-likeness (QED) is 0.466. The standard InChI is InChI=1S/C23H22OS2/c1-16-13-22-21(17(2)23(16)26-20-11-7-4-8-12-20)14-18(24-22)15-25-19-9-5-3-6-10-19/h3-13,18H,14-15H2,1-2H3. The molecule has 0 aliphatic carbocycles. The molecule has 0 spiro atoms. The van der Waals surface area contributed by atoms with Crippen molar-refractivity contribution in [3.8, 4) is 5.75 Å². The van der Waals surface area contributed by atoms with Gasteiger partial charge in [-0.05, 0) is 55.3 Å². The van der Waals surface area contributed by atoms with E-state index >= 15 is 0 Å². The van der Waals surface area contributed by atoms with Crippen molar-refractivity contribution in [2.45, 2.75) is 41.1 Å². The van der Waals surface area contributed by atoms with Crippen molar-refractivity contribution in [2.75, 3.05) is 5.75 Å². The summed E-state index contributed by atoms with van der Waals surface area (Å²) in [5.41, 5.74) is 4.06. The molecule has 1 unspecified atom stereocenters. The second-order valence-electron chi connectivity index (χ2n) is 6.61. The lowest BCUT2D eigenvalue weighted by Crippen LogP contribution is -2.15. The largest absolute Gasteiger partial charge is 0.489 e. The maximum atomic E-state index is 6.27. The molecular weight excluding hydrogens is 356 g/mol. The minimum absolute atomic E-state index is 0.255. The topological polar surface area (TPSA) is 9.23 Å². The fourth-order valence-corrected chi connectivity index (χ4v) is 5.28. The van der Waals surface area contributed by atoms with Gasteiger partial charge >= 0.3 is 0 Å². The Morgan fingerprint density at radius 1 is 0.923 bits per heavy atom. The van der Waals surface area contributed by atoms with Crippen LogP contribution in [0.2, 0.25) is 0 Å². The third-order valence-electron chi connectivity index (χ3n) is 4.66. The maximum Gasteiger partial charge on any atom is 0.123 e. The van der Waals surface area contributed by atoms with Crippen molar-refractivity contribution in [1.29, 1.82) is 0 Å². The maximum absolute atomic E-state index is 6.27. The molecule has 1 atom stereocenters. The first-order valence-electron chi connectivity index (χ1n) is 8.91. The second-order valence-corrected chi connectivity index (χ2v) is 8.78. The van der Waals surface area contributed by atoms with Crippen LogP contribution >= 0.6 is 23.5 Å². The number of hydrogen-bond donors (Lipinski definition) is 0. The molecule has 3 aromatic carbocycles. The molecule has 0 N–H and O–H groups in total. The van der Waals surface area contributed by atoms with E-state index in [-0.39, 0.29) is 6.10 Å². The van der Waals surface area contributed by atoms with Gasteiger partial charge in [0.2, 0.25) is 0 Å². The van der Waals surface area contributed by atoms with Crippen LogP contribution in [0.3, 0.4) is 0 Å². The zero-order chi connectivity index (χ0) is 17.9. The van der Waals surface area contributed by atoms with Gasteiger partial charge in [-0.3, -0.25) is 0 Å².